The molecular weight excluding hydrogens is 366 g/mol. The molecule has 0 heterocycles. The molecule has 114 valence electrons. The van der Waals surface area contributed by atoms with Crippen LogP contribution in [0.15, 0.2) is 27.6 Å². The lowest BCUT2D eigenvalue weighted by molar-refractivity contribution is 0.107. The van der Waals surface area contributed by atoms with Crippen LogP contribution in [0.5, 0.6) is 0 Å². The number of hydrogen-bond acceptors (Lipinski definition) is 3. The number of nitrogens with one attached hydrogen (secondary N) is 1. The van der Waals surface area contributed by atoms with Crippen molar-refractivity contribution in [1.29, 1.82) is 0 Å². The molecule has 0 radical (unpaired) electrons. The monoisotopic (exact) mass is 383 g/mol. The van der Waals surface area contributed by atoms with Crippen LogP contribution in [0, 0.1) is 5.92 Å². The first kappa shape index (κ1) is 17.9. The summed E-state index contributed by atoms with van der Waals surface area (Å²) in [6.07, 6.45) is 0.908. The van der Waals surface area contributed by atoms with E-state index >= 15 is 0 Å². The van der Waals surface area contributed by atoms with Crippen LogP contribution >= 0.6 is 27.5 Å². The maximum atomic E-state index is 12.1. The second-order valence-electron chi connectivity index (χ2n) is 4.57. The van der Waals surface area contributed by atoms with Crippen molar-refractivity contribution in [2.45, 2.75) is 37.7 Å². The predicted molar refractivity (Wildman–Crippen MR) is 84.4 cm³/mol. The average Bonchev–Trinajstić information content (AvgIpc) is 2.37. The van der Waals surface area contributed by atoms with Crippen molar-refractivity contribution in [3.05, 3.63) is 27.7 Å². The summed E-state index contributed by atoms with van der Waals surface area (Å²) in [5.74, 6) is 0.0816. The minimum atomic E-state index is -3.72. The maximum absolute atomic E-state index is 12.1. The van der Waals surface area contributed by atoms with Gasteiger partial charge in [0.25, 0.3) is 0 Å². The van der Waals surface area contributed by atoms with Gasteiger partial charge in [0.1, 0.15) is 4.90 Å². The molecule has 0 aromatic heterocycles. The summed E-state index contributed by atoms with van der Waals surface area (Å²) in [6.45, 7) is 3.93. The van der Waals surface area contributed by atoms with Gasteiger partial charge in [0.05, 0.1) is 11.1 Å². The molecular formula is C13H19BrClNO3S. The van der Waals surface area contributed by atoms with Crippen molar-refractivity contribution in [3.63, 3.8) is 0 Å². The quantitative estimate of drug-likeness (QED) is 0.759. The summed E-state index contributed by atoms with van der Waals surface area (Å²) in [5.41, 5.74) is 0. The summed E-state index contributed by atoms with van der Waals surface area (Å²) in [4.78, 5) is 0.0131. The summed E-state index contributed by atoms with van der Waals surface area (Å²) in [5, 5.41) is 10.1. The molecule has 0 amide bonds. The lowest BCUT2D eigenvalue weighted by Gasteiger charge is -2.20. The highest BCUT2D eigenvalue weighted by atomic mass is 79.9. The Morgan fingerprint density at radius 1 is 1.35 bits per heavy atom. The molecule has 0 saturated heterocycles. The SMILES string of the molecule is CCC(CC)C(O)CNS(=O)(=O)c1ccc(Br)cc1Cl. The number of benzene rings is 1. The molecule has 1 aromatic carbocycles. The molecule has 1 unspecified atom stereocenters. The molecule has 0 saturated carbocycles. The van der Waals surface area contributed by atoms with Crippen LogP contribution in [-0.4, -0.2) is 26.2 Å². The van der Waals surface area contributed by atoms with Gasteiger partial charge < -0.3 is 5.11 Å². The first-order valence-corrected chi connectivity index (χ1v) is 9.10. The van der Waals surface area contributed by atoms with Crippen LogP contribution in [0.4, 0.5) is 0 Å². The zero-order chi connectivity index (χ0) is 15.3. The van der Waals surface area contributed by atoms with Crippen LogP contribution in [0.1, 0.15) is 26.7 Å². The van der Waals surface area contributed by atoms with E-state index in [1.165, 1.54) is 12.1 Å². The molecule has 4 nitrogen and oxygen atoms in total. The molecule has 0 fully saturated rings. The van der Waals surface area contributed by atoms with Gasteiger partial charge in [0.15, 0.2) is 0 Å². The first-order valence-electron chi connectivity index (χ1n) is 6.44. The number of halogens is 2. The van der Waals surface area contributed by atoms with Crippen LogP contribution < -0.4 is 4.72 Å². The molecule has 0 aliphatic carbocycles. The molecule has 20 heavy (non-hydrogen) atoms. The number of aliphatic hydroxyl groups excluding tert-OH is 1. The van der Waals surface area contributed by atoms with Gasteiger partial charge in [0, 0.05) is 11.0 Å². The van der Waals surface area contributed by atoms with E-state index in [4.69, 9.17) is 11.6 Å². The van der Waals surface area contributed by atoms with Crippen LogP contribution in [0.25, 0.3) is 0 Å². The average molecular weight is 385 g/mol. The highest BCUT2D eigenvalue weighted by molar-refractivity contribution is 9.10. The van der Waals surface area contributed by atoms with Crippen molar-refractivity contribution in [2.24, 2.45) is 5.92 Å². The standard InChI is InChI=1S/C13H19BrClNO3S/c1-3-9(4-2)12(17)8-16-20(18,19)13-6-5-10(14)7-11(13)15/h5-7,9,12,16-17H,3-4,8H2,1-2H3. The first-order chi connectivity index (χ1) is 9.31. The van der Waals surface area contributed by atoms with Gasteiger partial charge in [-0.25, -0.2) is 13.1 Å². The van der Waals surface area contributed by atoms with Crippen molar-refractivity contribution in [1.82, 2.24) is 4.72 Å². The van der Waals surface area contributed by atoms with E-state index in [1.807, 2.05) is 13.8 Å². The van der Waals surface area contributed by atoms with Crippen molar-refractivity contribution in [2.75, 3.05) is 6.54 Å². The Labute approximate surface area is 133 Å². The van der Waals surface area contributed by atoms with Gasteiger partial charge in [-0.2, -0.15) is 0 Å². The molecule has 7 heteroatoms. The van der Waals surface area contributed by atoms with Gasteiger partial charge in [-0.05, 0) is 24.1 Å². The Balaban J connectivity index is 2.80. The molecule has 2 N–H and O–H groups in total. The van der Waals surface area contributed by atoms with E-state index in [9.17, 15) is 13.5 Å². The minimum absolute atomic E-state index is 0.0128. The summed E-state index contributed by atoms with van der Waals surface area (Å²) in [7, 11) is -3.72. The zero-order valence-electron chi connectivity index (χ0n) is 11.4. The number of hydrogen-bond donors (Lipinski definition) is 2. The van der Waals surface area contributed by atoms with E-state index in [1.54, 1.807) is 6.07 Å². The molecule has 0 aliphatic heterocycles. The number of aliphatic hydroxyl groups is 1. The van der Waals surface area contributed by atoms with E-state index in [0.717, 1.165) is 12.8 Å². The Bertz CT molecular complexity index is 547. The van der Waals surface area contributed by atoms with Crippen molar-refractivity contribution >= 4 is 37.6 Å². The highest BCUT2D eigenvalue weighted by Crippen LogP contribution is 2.25. The van der Waals surface area contributed by atoms with E-state index in [2.05, 4.69) is 20.7 Å². The predicted octanol–water partition coefficient (Wildman–Crippen LogP) is 3.18. The lowest BCUT2D eigenvalue weighted by Crippen LogP contribution is -2.36. The van der Waals surface area contributed by atoms with Crippen LogP contribution in [0.3, 0.4) is 0 Å². The highest BCUT2D eigenvalue weighted by Gasteiger charge is 2.21. The molecule has 0 aliphatic rings. The Hall–Kier alpha value is -0.140. The normalized spacial score (nSPS) is 13.7. The van der Waals surface area contributed by atoms with E-state index in [-0.39, 0.29) is 22.4 Å². The maximum Gasteiger partial charge on any atom is 0.242 e. The zero-order valence-corrected chi connectivity index (χ0v) is 14.6. The molecule has 0 spiro atoms. The van der Waals surface area contributed by atoms with Crippen molar-refractivity contribution in [3.8, 4) is 0 Å². The third-order valence-corrected chi connectivity index (χ3v) is 5.66. The van der Waals surface area contributed by atoms with Crippen LogP contribution in [0.2, 0.25) is 5.02 Å². The fraction of sp³-hybridized carbons (Fsp3) is 0.538. The van der Waals surface area contributed by atoms with Gasteiger partial charge in [-0.3, -0.25) is 0 Å². The minimum Gasteiger partial charge on any atom is -0.391 e. The van der Waals surface area contributed by atoms with Gasteiger partial charge in [-0.15, -0.1) is 0 Å². The van der Waals surface area contributed by atoms with Gasteiger partial charge >= 0.3 is 0 Å². The fourth-order valence-electron chi connectivity index (χ4n) is 1.97. The summed E-state index contributed by atoms with van der Waals surface area (Å²) >= 11 is 9.16. The lowest BCUT2D eigenvalue weighted by atomic mass is 9.97. The van der Waals surface area contributed by atoms with Crippen molar-refractivity contribution < 1.29 is 13.5 Å². The Morgan fingerprint density at radius 3 is 2.45 bits per heavy atom. The Morgan fingerprint density at radius 2 is 1.95 bits per heavy atom. The van der Waals surface area contributed by atoms with E-state index in [0.29, 0.717) is 4.47 Å². The van der Waals surface area contributed by atoms with Gasteiger partial charge in [-0.1, -0.05) is 54.2 Å². The summed E-state index contributed by atoms with van der Waals surface area (Å²) in [6, 6.07) is 4.56. The fourth-order valence-corrected chi connectivity index (χ4v) is 4.05. The molecule has 1 aromatic rings. The molecule has 1 rings (SSSR count). The molecule has 1 atom stereocenters. The second kappa shape index (κ2) is 7.75. The number of sulfonamides is 1. The smallest absolute Gasteiger partial charge is 0.242 e. The van der Waals surface area contributed by atoms with Crippen LogP contribution in [-0.2, 0) is 10.0 Å². The summed E-state index contributed by atoms with van der Waals surface area (Å²) < 4.78 is 27.4. The third kappa shape index (κ3) is 4.70. The Kier molecular flexibility index (Phi) is 6.94. The van der Waals surface area contributed by atoms with Gasteiger partial charge in [0.2, 0.25) is 10.0 Å². The molecule has 0 bridgehead atoms. The topological polar surface area (TPSA) is 66.4 Å². The largest absolute Gasteiger partial charge is 0.391 e. The second-order valence-corrected chi connectivity index (χ2v) is 7.63. The van der Waals surface area contributed by atoms with E-state index < -0.39 is 16.1 Å². The third-order valence-electron chi connectivity index (χ3n) is 3.26. The number of rotatable bonds is 7.